The molecule has 240 valence electrons. The monoisotopic (exact) mass is 730 g/mol. The SMILES string of the molecule is CC(CCc1ccc(Cl)c(Cl)c1)NCc1c(Cl)ccc(-c2ccc3cccc(CNC(C)CCc4ccc(Cl)c(Cl)c4)c3c2)c1Cl. The van der Waals surface area contributed by atoms with Crippen LogP contribution in [0.2, 0.25) is 30.1 Å². The molecule has 2 atom stereocenters. The summed E-state index contributed by atoms with van der Waals surface area (Å²) >= 11 is 38.3. The van der Waals surface area contributed by atoms with Crippen molar-refractivity contribution < 1.29 is 0 Å². The molecule has 0 saturated carbocycles. The minimum Gasteiger partial charge on any atom is -0.310 e. The molecule has 0 heterocycles. The Morgan fingerprint density at radius 2 is 1.15 bits per heavy atom. The normalized spacial score (nSPS) is 12.9. The Kier molecular flexibility index (Phi) is 12.6. The van der Waals surface area contributed by atoms with Crippen molar-refractivity contribution in [2.24, 2.45) is 0 Å². The van der Waals surface area contributed by atoms with Gasteiger partial charge in [0.2, 0.25) is 0 Å². The van der Waals surface area contributed by atoms with Crippen LogP contribution in [0.25, 0.3) is 21.9 Å². The van der Waals surface area contributed by atoms with Gasteiger partial charge in [-0.25, -0.2) is 0 Å². The predicted octanol–water partition coefficient (Wildman–Crippen LogP) is 12.6. The van der Waals surface area contributed by atoms with Crippen molar-refractivity contribution in [1.29, 1.82) is 0 Å². The van der Waals surface area contributed by atoms with Crippen LogP contribution in [0, 0.1) is 0 Å². The van der Waals surface area contributed by atoms with E-state index >= 15 is 0 Å². The average molecular weight is 733 g/mol. The first-order valence-electron chi connectivity index (χ1n) is 15.4. The third kappa shape index (κ3) is 9.13. The largest absolute Gasteiger partial charge is 0.310 e. The topological polar surface area (TPSA) is 24.1 Å². The summed E-state index contributed by atoms with van der Waals surface area (Å²) in [5, 5.41) is 13.3. The third-order valence-corrected chi connectivity index (χ3v) is 10.7. The van der Waals surface area contributed by atoms with E-state index in [9.17, 15) is 0 Å². The maximum Gasteiger partial charge on any atom is 0.0595 e. The lowest BCUT2D eigenvalue weighted by molar-refractivity contribution is 0.514. The molecule has 0 spiro atoms. The number of nitrogens with one attached hydrogen (secondary N) is 2. The Hall–Kier alpha value is -1.98. The molecule has 5 aromatic carbocycles. The van der Waals surface area contributed by atoms with Gasteiger partial charge in [-0.2, -0.15) is 0 Å². The second-order valence-corrected chi connectivity index (χ2v) is 14.3. The molecule has 0 aromatic heterocycles. The third-order valence-electron chi connectivity index (χ3n) is 8.44. The van der Waals surface area contributed by atoms with E-state index in [0.717, 1.165) is 54.5 Å². The minimum absolute atomic E-state index is 0.243. The molecular formula is C38H36Cl6N2. The van der Waals surface area contributed by atoms with Crippen molar-refractivity contribution in [2.75, 3.05) is 0 Å². The van der Waals surface area contributed by atoms with E-state index in [4.69, 9.17) is 69.6 Å². The lowest BCUT2D eigenvalue weighted by atomic mass is 9.96. The second-order valence-electron chi connectivity index (χ2n) is 11.9. The summed E-state index contributed by atoms with van der Waals surface area (Å²) < 4.78 is 0. The van der Waals surface area contributed by atoms with Crippen molar-refractivity contribution in [1.82, 2.24) is 10.6 Å². The number of hydrogen-bond acceptors (Lipinski definition) is 2. The molecule has 0 radical (unpaired) electrons. The summed E-state index contributed by atoms with van der Waals surface area (Å²) in [6.45, 7) is 5.70. The zero-order valence-corrected chi connectivity index (χ0v) is 30.3. The first-order valence-corrected chi connectivity index (χ1v) is 17.7. The van der Waals surface area contributed by atoms with Gasteiger partial charge in [0.1, 0.15) is 0 Å². The zero-order chi connectivity index (χ0) is 32.8. The Morgan fingerprint density at radius 3 is 1.76 bits per heavy atom. The molecule has 8 heteroatoms. The zero-order valence-electron chi connectivity index (χ0n) is 25.7. The molecule has 5 aromatic rings. The van der Waals surface area contributed by atoms with Crippen molar-refractivity contribution >= 4 is 80.4 Å². The Morgan fingerprint density at radius 1 is 0.565 bits per heavy atom. The lowest BCUT2D eigenvalue weighted by Gasteiger charge is -2.18. The number of aryl methyl sites for hydroxylation is 2. The molecule has 0 aliphatic heterocycles. The van der Waals surface area contributed by atoms with Crippen LogP contribution in [0.3, 0.4) is 0 Å². The summed E-state index contributed by atoms with van der Waals surface area (Å²) in [4.78, 5) is 0. The number of hydrogen-bond donors (Lipinski definition) is 2. The first-order chi connectivity index (χ1) is 22.1. The van der Waals surface area contributed by atoms with Crippen LogP contribution >= 0.6 is 69.6 Å². The quantitative estimate of drug-likeness (QED) is 0.126. The minimum atomic E-state index is 0.243. The second kappa shape index (κ2) is 16.4. The van der Waals surface area contributed by atoms with E-state index in [-0.39, 0.29) is 6.04 Å². The van der Waals surface area contributed by atoms with Crippen LogP contribution in [0.15, 0.2) is 84.9 Å². The number of rotatable bonds is 13. The highest BCUT2D eigenvalue weighted by Crippen LogP contribution is 2.37. The maximum absolute atomic E-state index is 7.06. The van der Waals surface area contributed by atoms with Crippen LogP contribution in [0.5, 0.6) is 0 Å². The van der Waals surface area contributed by atoms with Gasteiger partial charge in [-0.05, 0) is 109 Å². The van der Waals surface area contributed by atoms with E-state index in [0.29, 0.717) is 42.7 Å². The van der Waals surface area contributed by atoms with Gasteiger partial charge in [-0.1, -0.05) is 118 Å². The van der Waals surface area contributed by atoms with Gasteiger partial charge < -0.3 is 10.6 Å². The standard InChI is InChI=1S/C38H36Cl6N2/c1-23(6-8-25-10-15-34(40)36(42)18-25)45-21-29-5-3-4-27-12-13-28(20-31(27)29)30-14-17-33(39)32(38(30)44)22-46-24(2)7-9-26-11-16-35(41)37(43)19-26/h3-5,10-20,23-24,45-46H,6-9,21-22H2,1-2H3. The summed E-state index contributed by atoms with van der Waals surface area (Å²) in [6, 6.07) is 29.1. The van der Waals surface area contributed by atoms with Crippen molar-refractivity contribution in [3.8, 4) is 11.1 Å². The van der Waals surface area contributed by atoms with E-state index < -0.39 is 0 Å². The van der Waals surface area contributed by atoms with Crippen molar-refractivity contribution in [2.45, 2.75) is 64.7 Å². The van der Waals surface area contributed by atoms with Crippen LogP contribution in [-0.2, 0) is 25.9 Å². The highest BCUT2D eigenvalue weighted by Gasteiger charge is 2.15. The van der Waals surface area contributed by atoms with Gasteiger partial charge in [-0.15, -0.1) is 0 Å². The fourth-order valence-corrected chi connectivity index (χ4v) is 6.82. The molecule has 0 bridgehead atoms. The first kappa shape index (κ1) is 35.3. The van der Waals surface area contributed by atoms with Gasteiger partial charge >= 0.3 is 0 Å². The molecule has 0 aliphatic rings. The number of benzene rings is 5. The fourth-order valence-electron chi connectivity index (χ4n) is 5.56. The summed E-state index contributed by atoms with van der Waals surface area (Å²) in [7, 11) is 0. The molecule has 0 fully saturated rings. The Balaban J connectivity index is 1.25. The lowest BCUT2D eigenvalue weighted by Crippen LogP contribution is -2.26. The van der Waals surface area contributed by atoms with Gasteiger partial charge in [0.25, 0.3) is 0 Å². The fraction of sp³-hybridized carbons (Fsp3) is 0.263. The molecular weight excluding hydrogens is 697 g/mol. The van der Waals surface area contributed by atoms with E-state index in [1.54, 1.807) is 0 Å². The van der Waals surface area contributed by atoms with Crippen LogP contribution in [0.1, 0.15) is 48.9 Å². The highest BCUT2D eigenvalue weighted by atomic mass is 35.5. The van der Waals surface area contributed by atoms with Gasteiger partial charge in [0.15, 0.2) is 0 Å². The van der Waals surface area contributed by atoms with E-state index in [1.807, 2.05) is 48.5 Å². The summed E-state index contributed by atoms with van der Waals surface area (Å²) in [5.74, 6) is 0. The van der Waals surface area contributed by atoms with Crippen LogP contribution in [0.4, 0.5) is 0 Å². The van der Waals surface area contributed by atoms with Crippen LogP contribution < -0.4 is 10.6 Å². The smallest absolute Gasteiger partial charge is 0.0595 e. The highest BCUT2D eigenvalue weighted by molar-refractivity contribution is 6.42. The van der Waals surface area contributed by atoms with Crippen molar-refractivity contribution in [3.63, 3.8) is 0 Å². The van der Waals surface area contributed by atoms with Gasteiger partial charge in [0, 0.05) is 41.3 Å². The Labute approximate surface area is 302 Å². The van der Waals surface area contributed by atoms with Crippen molar-refractivity contribution in [3.05, 3.63) is 137 Å². The molecule has 0 aliphatic carbocycles. The van der Waals surface area contributed by atoms with Gasteiger partial charge in [0.05, 0.1) is 25.1 Å². The molecule has 2 unspecified atom stereocenters. The molecule has 2 nitrogen and oxygen atoms in total. The van der Waals surface area contributed by atoms with Crippen LogP contribution in [-0.4, -0.2) is 12.1 Å². The van der Waals surface area contributed by atoms with E-state index in [2.05, 4.69) is 60.9 Å². The van der Waals surface area contributed by atoms with Gasteiger partial charge in [-0.3, -0.25) is 0 Å². The summed E-state index contributed by atoms with van der Waals surface area (Å²) in [6.07, 6.45) is 3.73. The summed E-state index contributed by atoms with van der Waals surface area (Å²) in [5.41, 5.74) is 6.50. The number of fused-ring (bicyclic) bond motifs is 1. The molecule has 0 saturated heterocycles. The van der Waals surface area contributed by atoms with E-state index in [1.165, 1.54) is 21.9 Å². The molecule has 46 heavy (non-hydrogen) atoms. The molecule has 2 N–H and O–H groups in total. The maximum atomic E-state index is 7.06. The molecule has 5 rings (SSSR count). The number of halogens is 6. The average Bonchev–Trinajstić information content (AvgIpc) is 3.04. The Bertz CT molecular complexity index is 1820. The predicted molar refractivity (Wildman–Crippen MR) is 202 cm³/mol. The molecule has 0 amide bonds.